The van der Waals surface area contributed by atoms with Crippen LogP contribution in [0.25, 0.3) is 0 Å². The number of halogens is 2. The summed E-state index contributed by atoms with van der Waals surface area (Å²) in [4.78, 5) is 14.5. The standard InChI is InChI=1S/C23H25F2NO2/c1-2-17(15-24)16-28-22-9-8-20(14-21(22)25)23(27)26-12-10-19(11-13-26)18-6-4-3-5-7-18/h3-9,14-15,19H,2,10-13,16H2,1H3. The van der Waals surface area contributed by atoms with E-state index in [0.717, 1.165) is 12.8 Å². The normalized spacial score (nSPS) is 15.5. The summed E-state index contributed by atoms with van der Waals surface area (Å²) >= 11 is 0. The average Bonchev–Trinajstić information content (AvgIpc) is 2.75. The molecular weight excluding hydrogens is 360 g/mol. The van der Waals surface area contributed by atoms with Crippen molar-refractivity contribution in [3.63, 3.8) is 0 Å². The van der Waals surface area contributed by atoms with Crippen LogP contribution in [0.1, 0.15) is 48.0 Å². The molecule has 3 nitrogen and oxygen atoms in total. The minimum atomic E-state index is -0.612. The number of amides is 1. The fourth-order valence-electron chi connectivity index (χ4n) is 3.46. The predicted octanol–water partition coefficient (Wildman–Crippen LogP) is 5.49. The molecule has 0 aromatic heterocycles. The van der Waals surface area contributed by atoms with Gasteiger partial charge in [0.2, 0.25) is 0 Å². The van der Waals surface area contributed by atoms with Gasteiger partial charge in [-0.15, -0.1) is 0 Å². The van der Waals surface area contributed by atoms with Crippen LogP contribution in [-0.2, 0) is 0 Å². The van der Waals surface area contributed by atoms with Gasteiger partial charge in [-0.25, -0.2) is 8.78 Å². The molecular formula is C23H25F2NO2. The molecule has 1 aliphatic heterocycles. The third-order valence-corrected chi connectivity index (χ3v) is 5.25. The van der Waals surface area contributed by atoms with Crippen LogP contribution in [-0.4, -0.2) is 30.5 Å². The first-order valence-electron chi connectivity index (χ1n) is 9.67. The van der Waals surface area contributed by atoms with Crippen molar-refractivity contribution in [2.75, 3.05) is 19.7 Å². The van der Waals surface area contributed by atoms with Crippen LogP contribution < -0.4 is 4.74 Å². The summed E-state index contributed by atoms with van der Waals surface area (Å²) in [5.74, 6) is -0.310. The molecule has 0 bridgehead atoms. The number of carbonyl (C=O) groups is 1. The summed E-state index contributed by atoms with van der Waals surface area (Å²) < 4.78 is 32.2. The Morgan fingerprint density at radius 1 is 1.18 bits per heavy atom. The topological polar surface area (TPSA) is 29.5 Å². The monoisotopic (exact) mass is 385 g/mol. The summed E-state index contributed by atoms with van der Waals surface area (Å²) in [6.07, 6.45) is 2.77. The minimum Gasteiger partial charge on any atom is -0.486 e. The van der Waals surface area contributed by atoms with Crippen LogP contribution in [0.3, 0.4) is 0 Å². The maximum Gasteiger partial charge on any atom is 0.253 e. The van der Waals surface area contributed by atoms with Crippen LogP contribution >= 0.6 is 0 Å². The summed E-state index contributed by atoms with van der Waals surface area (Å²) in [7, 11) is 0. The number of piperidine rings is 1. The summed E-state index contributed by atoms with van der Waals surface area (Å²) in [6.45, 7) is 3.09. The highest BCUT2D eigenvalue weighted by Gasteiger charge is 2.25. The molecule has 1 fully saturated rings. The fourth-order valence-corrected chi connectivity index (χ4v) is 3.46. The van der Waals surface area contributed by atoms with Crippen molar-refractivity contribution in [2.24, 2.45) is 0 Å². The second-order valence-corrected chi connectivity index (χ2v) is 7.03. The van der Waals surface area contributed by atoms with Gasteiger partial charge in [0.1, 0.15) is 6.61 Å². The summed E-state index contributed by atoms with van der Waals surface area (Å²) in [6, 6.07) is 14.5. The van der Waals surface area contributed by atoms with Gasteiger partial charge in [-0.1, -0.05) is 37.3 Å². The van der Waals surface area contributed by atoms with Crippen molar-refractivity contribution in [1.29, 1.82) is 0 Å². The lowest BCUT2D eigenvalue weighted by atomic mass is 9.89. The van der Waals surface area contributed by atoms with Crippen molar-refractivity contribution in [3.8, 4) is 5.75 Å². The number of benzene rings is 2. The van der Waals surface area contributed by atoms with Gasteiger partial charge >= 0.3 is 0 Å². The lowest BCUT2D eigenvalue weighted by Crippen LogP contribution is -2.37. The molecule has 2 aromatic carbocycles. The highest BCUT2D eigenvalue weighted by atomic mass is 19.1. The Kier molecular flexibility index (Phi) is 6.80. The number of nitrogens with zero attached hydrogens (tertiary/aromatic N) is 1. The molecule has 3 rings (SSSR count). The van der Waals surface area contributed by atoms with Gasteiger partial charge in [0.15, 0.2) is 11.6 Å². The average molecular weight is 385 g/mol. The molecule has 0 aliphatic carbocycles. The molecule has 0 unspecified atom stereocenters. The molecule has 2 aromatic rings. The highest BCUT2D eigenvalue weighted by molar-refractivity contribution is 5.94. The van der Waals surface area contributed by atoms with Crippen molar-refractivity contribution in [3.05, 3.63) is 77.4 Å². The highest BCUT2D eigenvalue weighted by Crippen LogP contribution is 2.29. The Balaban J connectivity index is 1.60. The lowest BCUT2D eigenvalue weighted by molar-refractivity contribution is 0.0712. The van der Waals surface area contributed by atoms with Gasteiger partial charge < -0.3 is 9.64 Å². The minimum absolute atomic E-state index is 0.00971. The van der Waals surface area contributed by atoms with E-state index in [1.807, 2.05) is 18.2 Å². The molecule has 28 heavy (non-hydrogen) atoms. The molecule has 0 N–H and O–H groups in total. The van der Waals surface area contributed by atoms with Gasteiger partial charge in [0.05, 0.1) is 6.33 Å². The van der Waals surface area contributed by atoms with Crippen molar-refractivity contribution in [2.45, 2.75) is 32.1 Å². The zero-order chi connectivity index (χ0) is 19.9. The number of rotatable bonds is 6. The van der Waals surface area contributed by atoms with Crippen LogP contribution in [0.15, 0.2) is 60.4 Å². The third-order valence-electron chi connectivity index (χ3n) is 5.25. The van der Waals surface area contributed by atoms with Crippen LogP contribution in [0.4, 0.5) is 8.78 Å². The zero-order valence-corrected chi connectivity index (χ0v) is 16.0. The Morgan fingerprint density at radius 2 is 1.89 bits per heavy atom. The summed E-state index contributed by atoms with van der Waals surface area (Å²) in [5.41, 5.74) is 2.05. The van der Waals surface area contributed by atoms with E-state index in [1.54, 1.807) is 17.9 Å². The Hall–Kier alpha value is -2.69. The quantitative estimate of drug-likeness (QED) is 0.658. The zero-order valence-electron chi connectivity index (χ0n) is 16.0. The Labute approximate surface area is 164 Å². The van der Waals surface area contributed by atoms with Gasteiger partial charge in [0.25, 0.3) is 5.91 Å². The fraction of sp³-hybridized carbons (Fsp3) is 0.348. The largest absolute Gasteiger partial charge is 0.486 e. The number of hydrogen-bond donors (Lipinski definition) is 0. The van der Waals surface area contributed by atoms with Crippen LogP contribution in [0.5, 0.6) is 5.75 Å². The first kappa shape index (κ1) is 20.1. The van der Waals surface area contributed by atoms with Gasteiger partial charge in [-0.3, -0.25) is 4.79 Å². The van der Waals surface area contributed by atoms with E-state index in [0.29, 0.717) is 42.9 Å². The van der Waals surface area contributed by atoms with Crippen molar-refractivity contribution < 1.29 is 18.3 Å². The van der Waals surface area contributed by atoms with E-state index in [2.05, 4.69) is 12.1 Å². The van der Waals surface area contributed by atoms with E-state index < -0.39 is 5.82 Å². The van der Waals surface area contributed by atoms with E-state index in [1.165, 1.54) is 17.7 Å². The van der Waals surface area contributed by atoms with Crippen LogP contribution in [0.2, 0.25) is 0 Å². The maximum atomic E-state index is 14.3. The SMILES string of the molecule is CCC(=CF)COc1ccc(C(=O)N2CCC(c3ccccc3)CC2)cc1F. The molecule has 148 valence electrons. The van der Waals surface area contributed by atoms with Gasteiger partial charge in [-0.05, 0) is 54.5 Å². The van der Waals surface area contributed by atoms with Crippen molar-refractivity contribution >= 4 is 5.91 Å². The number of likely N-dealkylation sites (tertiary alicyclic amines) is 1. The molecule has 1 aliphatic rings. The van der Waals surface area contributed by atoms with E-state index in [-0.39, 0.29) is 18.3 Å². The lowest BCUT2D eigenvalue weighted by Gasteiger charge is -2.32. The first-order chi connectivity index (χ1) is 13.6. The van der Waals surface area contributed by atoms with E-state index in [4.69, 9.17) is 4.74 Å². The Morgan fingerprint density at radius 3 is 2.50 bits per heavy atom. The smallest absolute Gasteiger partial charge is 0.253 e. The molecule has 0 spiro atoms. The molecule has 0 radical (unpaired) electrons. The number of hydrogen-bond acceptors (Lipinski definition) is 2. The van der Waals surface area contributed by atoms with Crippen LogP contribution in [0, 0.1) is 5.82 Å². The predicted molar refractivity (Wildman–Crippen MR) is 106 cm³/mol. The van der Waals surface area contributed by atoms with E-state index in [9.17, 15) is 13.6 Å². The number of ether oxygens (including phenoxy) is 1. The van der Waals surface area contributed by atoms with E-state index >= 15 is 0 Å². The third kappa shape index (κ3) is 4.77. The second kappa shape index (κ2) is 9.49. The number of carbonyl (C=O) groups excluding carboxylic acids is 1. The molecule has 0 saturated carbocycles. The summed E-state index contributed by atoms with van der Waals surface area (Å²) in [5, 5.41) is 0. The molecule has 1 heterocycles. The van der Waals surface area contributed by atoms with Gasteiger partial charge in [-0.2, -0.15) is 0 Å². The molecule has 1 amide bonds. The van der Waals surface area contributed by atoms with Gasteiger partial charge in [0, 0.05) is 18.7 Å². The Bertz CT molecular complexity index is 828. The molecule has 5 heteroatoms. The van der Waals surface area contributed by atoms with Crippen molar-refractivity contribution in [1.82, 2.24) is 4.90 Å². The molecule has 1 saturated heterocycles. The first-order valence-corrected chi connectivity index (χ1v) is 9.67. The molecule has 0 atom stereocenters. The maximum absolute atomic E-state index is 14.3. The second-order valence-electron chi connectivity index (χ2n) is 7.03.